The monoisotopic (exact) mass is 311 g/mol. The largest absolute Gasteiger partial charge is 0.326 e. The third kappa shape index (κ3) is 5.21. The molecule has 18 heavy (non-hydrogen) atoms. The van der Waals surface area contributed by atoms with Crippen molar-refractivity contribution in [2.75, 3.05) is 5.32 Å². The Labute approximate surface area is 118 Å². The van der Waals surface area contributed by atoms with Crippen molar-refractivity contribution in [3.8, 4) is 0 Å². The van der Waals surface area contributed by atoms with E-state index in [1.165, 1.54) is 5.56 Å². The van der Waals surface area contributed by atoms with Crippen LogP contribution < -0.4 is 5.32 Å². The van der Waals surface area contributed by atoms with Crippen LogP contribution in [0.25, 0.3) is 0 Å². The van der Waals surface area contributed by atoms with Gasteiger partial charge in [-0.3, -0.25) is 4.79 Å². The maximum absolute atomic E-state index is 11.8. The molecule has 1 rings (SSSR count). The maximum atomic E-state index is 11.8. The molecule has 0 fully saturated rings. The molecule has 0 radical (unpaired) electrons. The zero-order valence-electron chi connectivity index (χ0n) is 11.8. The van der Waals surface area contributed by atoms with E-state index in [0.717, 1.165) is 12.1 Å². The van der Waals surface area contributed by atoms with Crippen LogP contribution in [0, 0.1) is 5.41 Å². The van der Waals surface area contributed by atoms with E-state index in [0.29, 0.717) is 0 Å². The van der Waals surface area contributed by atoms with E-state index in [2.05, 4.69) is 47.2 Å². The summed E-state index contributed by atoms with van der Waals surface area (Å²) in [5.74, 6) is 0.0380. The first-order valence-electron chi connectivity index (χ1n) is 6.17. The molecule has 0 bridgehead atoms. The van der Waals surface area contributed by atoms with Gasteiger partial charge in [-0.1, -0.05) is 48.8 Å². The molecule has 0 atom stereocenters. The smallest absolute Gasteiger partial charge is 0.229 e. The SMILES string of the molecule is CC(C)(Br)Cc1ccc(NC(=O)C(C)(C)C)cc1. The van der Waals surface area contributed by atoms with Gasteiger partial charge in [-0.15, -0.1) is 0 Å². The second-order valence-corrected chi connectivity index (χ2v) is 8.44. The zero-order valence-corrected chi connectivity index (χ0v) is 13.4. The van der Waals surface area contributed by atoms with Crippen LogP contribution in [0.1, 0.15) is 40.2 Å². The first kappa shape index (κ1) is 15.2. The molecule has 0 heterocycles. The van der Waals surface area contributed by atoms with Gasteiger partial charge in [0.2, 0.25) is 5.91 Å². The van der Waals surface area contributed by atoms with Gasteiger partial charge in [0.15, 0.2) is 0 Å². The quantitative estimate of drug-likeness (QED) is 0.824. The third-order valence-corrected chi connectivity index (χ3v) is 2.80. The standard InChI is InChI=1S/C15H22BrNO/c1-14(2,3)13(18)17-12-8-6-11(7-9-12)10-15(4,5)16/h6-9H,10H2,1-5H3,(H,17,18). The van der Waals surface area contributed by atoms with Crippen molar-refractivity contribution in [3.63, 3.8) is 0 Å². The second-order valence-electron chi connectivity index (χ2n) is 6.30. The molecule has 100 valence electrons. The van der Waals surface area contributed by atoms with E-state index < -0.39 is 0 Å². The average molecular weight is 312 g/mol. The van der Waals surface area contributed by atoms with Gasteiger partial charge in [0.1, 0.15) is 0 Å². The van der Waals surface area contributed by atoms with Crippen molar-refractivity contribution >= 4 is 27.5 Å². The minimum absolute atomic E-state index is 0.0380. The van der Waals surface area contributed by atoms with E-state index in [4.69, 9.17) is 0 Å². The maximum Gasteiger partial charge on any atom is 0.229 e. The number of carbonyl (C=O) groups is 1. The molecule has 1 N–H and O–H groups in total. The summed E-state index contributed by atoms with van der Waals surface area (Å²) in [4.78, 5) is 11.8. The summed E-state index contributed by atoms with van der Waals surface area (Å²) >= 11 is 3.63. The Balaban J connectivity index is 2.70. The lowest BCUT2D eigenvalue weighted by atomic mass is 9.95. The number of hydrogen-bond donors (Lipinski definition) is 1. The van der Waals surface area contributed by atoms with Crippen LogP contribution in [0.4, 0.5) is 5.69 Å². The lowest BCUT2D eigenvalue weighted by molar-refractivity contribution is -0.123. The Bertz CT molecular complexity index is 410. The summed E-state index contributed by atoms with van der Waals surface area (Å²) in [5, 5.41) is 2.92. The van der Waals surface area contributed by atoms with Crippen molar-refractivity contribution in [1.29, 1.82) is 0 Å². The minimum atomic E-state index is -0.365. The number of hydrogen-bond acceptors (Lipinski definition) is 1. The van der Waals surface area contributed by atoms with E-state index in [1.807, 2.05) is 32.9 Å². The summed E-state index contributed by atoms with van der Waals surface area (Å²) < 4.78 is 0.100. The predicted octanol–water partition coefficient (Wildman–Crippen LogP) is 4.39. The molecule has 1 aromatic carbocycles. The van der Waals surface area contributed by atoms with E-state index in [1.54, 1.807) is 0 Å². The highest BCUT2D eigenvalue weighted by Gasteiger charge is 2.21. The van der Waals surface area contributed by atoms with Gasteiger partial charge >= 0.3 is 0 Å². The molecular formula is C15H22BrNO. The van der Waals surface area contributed by atoms with Crippen LogP contribution in [-0.4, -0.2) is 10.2 Å². The van der Waals surface area contributed by atoms with Crippen LogP contribution in [0.15, 0.2) is 24.3 Å². The van der Waals surface area contributed by atoms with Gasteiger partial charge < -0.3 is 5.32 Å². The molecule has 0 saturated heterocycles. The highest BCUT2D eigenvalue weighted by atomic mass is 79.9. The molecule has 1 amide bonds. The highest BCUT2D eigenvalue weighted by Crippen LogP contribution is 2.23. The molecule has 1 aromatic rings. The number of halogens is 1. The number of rotatable bonds is 3. The summed E-state index contributed by atoms with van der Waals surface area (Å²) in [6, 6.07) is 8.03. The molecule has 0 saturated carbocycles. The second kappa shape index (κ2) is 5.43. The third-order valence-electron chi connectivity index (χ3n) is 2.52. The molecule has 0 aromatic heterocycles. The summed E-state index contributed by atoms with van der Waals surface area (Å²) in [6.45, 7) is 10.0. The van der Waals surface area contributed by atoms with Crippen LogP contribution in [0.2, 0.25) is 0 Å². The molecule has 3 heteroatoms. The van der Waals surface area contributed by atoms with Gasteiger partial charge in [-0.2, -0.15) is 0 Å². The number of benzene rings is 1. The predicted molar refractivity (Wildman–Crippen MR) is 81.2 cm³/mol. The molecule has 0 aliphatic heterocycles. The fourth-order valence-corrected chi connectivity index (χ4v) is 1.83. The van der Waals surface area contributed by atoms with Crippen molar-refractivity contribution in [3.05, 3.63) is 29.8 Å². The Hall–Kier alpha value is -0.830. The first-order valence-corrected chi connectivity index (χ1v) is 6.96. The molecule has 0 unspecified atom stereocenters. The number of carbonyl (C=O) groups excluding carboxylic acids is 1. The highest BCUT2D eigenvalue weighted by molar-refractivity contribution is 9.10. The van der Waals surface area contributed by atoms with Crippen molar-refractivity contribution in [2.45, 2.75) is 45.4 Å². The summed E-state index contributed by atoms with van der Waals surface area (Å²) in [5.41, 5.74) is 1.74. The van der Waals surface area contributed by atoms with Crippen molar-refractivity contribution in [2.24, 2.45) is 5.41 Å². The fraction of sp³-hybridized carbons (Fsp3) is 0.533. The Morgan fingerprint density at radius 2 is 1.61 bits per heavy atom. The molecule has 0 aliphatic rings. The van der Waals surface area contributed by atoms with Gasteiger partial charge in [-0.05, 0) is 38.0 Å². The van der Waals surface area contributed by atoms with E-state index in [9.17, 15) is 4.79 Å². The topological polar surface area (TPSA) is 29.1 Å². The lowest BCUT2D eigenvalue weighted by Gasteiger charge is -2.18. The van der Waals surface area contributed by atoms with Crippen molar-refractivity contribution in [1.82, 2.24) is 0 Å². The molecule has 0 spiro atoms. The van der Waals surface area contributed by atoms with Crippen LogP contribution >= 0.6 is 15.9 Å². The van der Waals surface area contributed by atoms with Crippen LogP contribution in [0.3, 0.4) is 0 Å². The van der Waals surface area contributed by atoms with E-state index in [-0.39, 0.29) is 15.6 Å². The van der Waals surface area contributed by atoms with Gasteiger partial charge in [0.25, 0.3) is 0 Å². The number of alkyl halides is 1. The molecular weight excluding hydrogens is 290 g/mol. The fourth-order valence-electron chi connectivity index (χ4n) is 1.51. The molecule has 0 aliphatic carbocycles. The van der Waals surface area contributed by atoms with E-state index >= 15 is 0 Å². The summed E-state index contributed by atoms with van der Waals surface area (Å²) in [7, 11) is 0. The summed E-state index contributed by atoms with van der Waals surface area (Å²) in [6.07, 6.45) is 0.959. The Morgan fingerprint density at radius 3 is 2.00 bits per heavy atom. The average Bonchev–Trinajstić information content (AvgIpc) is 2.17. The number of anilines is 1. The van der Waals surface area contributed by atoms with Crippen LogP contribution in [0.5, 0.6) is 0 Å². The number of amides is 1. The Kier molecular flexibility index (Phi) is 4.60. The van der Waals surface area contributed by atoms with Gasteiger partial charge in [0.05, 0.1) is 0 Å². The van der Waals surface area contributed by atoms with Crippen molar-refractivity contribution < 1.29 is 4.79 Å². The minimum Gasteiger partial charge on any atom is -0.326 e. The first-order chi connectivity index (χ1) is 8.08. The van der Waals surface area contributed by atoms with Crippen LogP contribution in [-0.2, 0) is 11.2 Å². The number of nitrogens with one attached hydrogen (secondary N) is 1. The normalized spacial score (nSPS) is 12.3. The van der Waals surface area contributed by atoms with Gasteiger partial charge in [0, 0.05) is 15.4 Å². The Morgan fingerprint density at radius 1 is 1.11 bits per heavy atom. The van der Waals surface area contributed by atoms with Gasteiger partial charge in [-0.25, -0.2) is 0 Å². The zero-order chi connectivity index (χ0) is 14.0. The lowest BCUT2D eigenvalue weighted by Crippen LogP contribution is -2.27. The molecule has 2 nitrogen and oxygen atoms in total.